The van der Waals surface area contributed by atoms with E-state index in [1.165, 1.54) is 18.2 Å². The molecule has 310 valence electrons. The van der Waals surface area contributed by atoms with Crippen molar-refractivity contribution < 1.29 is 46.6 Å². The number of hydrogen-bond donors (Lipinski definition) is 2. The van der Waals surface area contributed by atoms with Gasteiger partial charge in [0.25, 0.3) is 5.91 Å². The number of carbonyl (C=O) groups excluding carboxylic acids is 5. The fourth-order valence-corrected chi connectivity index (χ4v) is 9.96. The Labute approximate surface area is 334 Å². The van der Waals surface area contributed by atoms with Gasteiger partial charge in [-0.1, -0.05) is 32.4 Å². The Bertz CT molecular complexity index is 2060. The molecular weight excluding hydrogens is 753 g/mol. The maximum Gasteiger partial charge on any atom is 0.307 e. The topological polar surface area (TPSA) is 201 Å². The molecule has 15 heteroatoms. The van der Waals surface area contributed by atoms with Gasteiger partial charge in [-0.25, -0.2) is 13.4 Å². The van der Waals surface area contributed by atoms with Crippen molar-refractivity contribution in [1.29, 1.82) is 0 Å². The molecule has 7 atom stereocenters. The molecule has 2 aliphatic heterocycles. The van der Waals surface area contributed by atoms with Gasteiger partial charge in [-0.2, -0.15) is 0 Å². The third-order valence-corrected chi connectivity index (χ3v) is 13.7. The summed E-state index contributed by atoms with van der Waals surface area (Å²) < 4.78 is 45.8. The molecular formula is C42H56N4O10S. The lowest BCUT2D eigenvalue weighted by molar-refractivity contribution is -0.160. The number of nitrogens with one attached hydrogen (secondary N) is 1. The van der Waals surface area contributed by atoms with Gasteiger partial charge in [-0.15, -0.1) is 0 Å². The molecule has 14 nitrogen and oxygen atoms in total. The predicted molar refractivity (Wildman–Crippen MR) is 211 cm³/mol. The van der Waals surface area contributed by atoms with Crippen LogP contribution in [0, 0.1) is 29.1 Å². The number of carbonyl (C=O) groups is 5. The maximum atomic E-state index is 15.0. The third kappa shape index (κ3) is 9.45. The van der Waals surface area contributed by atoms with E-state index in [9.17, 15) is 27.6 Å². The van der Waals surface area contributed by atoms with Crippen LogP contribution in [0.25, 0.3) is 10.8 Å². The quantitative estimate of drug-likeness (QED) is 0.241. The van der Waals surface area contributed by atoms with Crippen LogP contribution in [0.5, 0.6) is 11.6 Å². The molecule has 2 aromatic rings. The van der Waals surface area contributed by atoms with Crippen LogP contribution in [0.1, 0.15) is 109 Å². The number of primary amides is 1. The molecule has 0 unspecified atom stereocenters. The van der Waals surface area contributed by atoms with E-state index in [4.69, 9.17) is 19.9 Å². The number of fused-ring (bicyclic) bond motifs is 3. The molecule has 0 bridgehead atoms. The van der Waals surface area contributed by atoms with Crippen LogP contribution < -0.4 is 19.9 Å². The minimum atomic E-state index is -3.89. The van der Waals surface area contributed by atoms with Crippen molar-refractivity contribution in [3.63, 3.8) is 0 Å². The van der Waals surface area contributed by atoms with Crippen molar-refractivity contribution >= 4 is 50.3 Å². The van der Waals surface area contributed by atoms with Gasteiger partial charge in [0.15, 0.2) is 5.78 Å². The zero-order valence-electron chi connectivity index (χ0n) is 33.7. The first-order valence-electron chi connectivity index (χ1n) is 20.1. The van der Waals surface area contributed by atoms with E-state index in [0.29, 0.717) is 55.0 Å². The molecule has 3 fully saturated rings. The monoisotopic (exact) mass is 808 g/mol. The number of pyridine rings is 1. The summed E-state index contributed by atoms with van der Waals surface area (Å²) in [6.07, 6.45) is 8.09. The number of methoxy groups -OCH3 is 1. The van der Waals surface area contributed by atoms with Crippen molar-refractivity contribution in [2.75, 3.05) is 13.7 Å². The number of aromatic nitrogens is 1. The predicted octanol–water partition coefficient (Wildman–Crippen LogP) is 5.01. The normalized spacial score (nSPS) is 29.0. The van der Waals surface area contributed by atoms with Gasteiger partial charge in [0, 0.05) is 29.8 Å². The highest BCUT2D eigenvalue weighted by atomic mass is 32.2. The highest BCUT2D eigenvalue weighted by Crippen LogP contribution is 2.57. The molecule has 1 aromatic carbocycles. The van der Waals surface area contributed by atoms with Gasteiger partial charge in [-0.3, -0.25) is 28.7 Å². The summed E-state index contributed by atoms with van der Waals surface area (Å²) in [6, 6.07) is 3.98. The van der Waals surface area contributed by atoms with Gasteiger partial charge < -0.3 is 24.8 Å². The molecule has 3 N–H and O–H groups in total. The average Bonchev–Trinajstić information content (AvgIpc) is 4.07. The fraction of sp³-hybridized carbons (Fsp3) is 0.619. The lowest BCUT2D eigenvalue weighted by atomic mass is 9.79. The number of esters is 1. The Kier molecular flexibility index (Phi) is 12.1. The van der Waals surface area contributed by atoms with Crippen molar-refractivity contribution in [3.05, 3.63) is 42.1 Å². The molecule has 3 heterocycles. The summed E-state index contributed by atoms with van der Waals surface area (Å²) in [4.78, 5) is 75.3. The molecule has 3 amide bonds. The number of Topliss-reactive ketones (excluding diaryl/α,β-unsaturated/α-hetero) is 1. The molecule has 0 radical (unpaired) electrons. The molecule has 2 aliphatic carbocycles. The van der Waals surface area contributed by atoms with Crippen LogP contribution in [0.2, 0.25) is 0 Å². The number of amides is 3. The standard InChI is InChI=1S/C42H56N4O10S/c1-7-25-16-24(2)10-8-9-11-26-20-42(26,40(51)45-57(52,53)29-13-14-29)21-35(47)34-18-28(23-46(34)39(50)31(25)19-36(48)56-41(3,4)5)55-38-30-15-12-27(54-6)17-32(30)33(22-44-38)37(43)49/h9,11-12,15,17,22,24-26,28-29,31,34H,7-8,10,13-14,16,18-21,23H2,1-6H3,(H2,43,49)(H,45,51)/b11-9-/t24-,25-,26-,28-,31+,34+,42-/m1/s1. The van der Waals surface area contributed by atoms with Gasteiger partial charge in [0.2, 0.25) is 27.7 Å². The van der Waals surface area contributed by atoms with E-state index in [1.807, 2.05) is 19.1 Å². The van der Waals surface area contributed by atoms with Crippen molar-refractivity contribution in [2.45, 2.75) is 122 Å². The van der Waals surface area contributed by atoms with E-state index in [1.54, 1.807) is 39.0 Å². The van der Waals surface area contributed by atoms with Crippen LogP contribution in [0.4, 0.5) is 0 Å². The lowest BCUT2D eigenvalue weighted by Gasteiger charge is -2.33. The van der Waals surface area contributed by atoms with E-state index in [-0.39, 0.29) is 60.9 Å². The second kappa shape index (κ2) is 16.4. The van der Waals surface area contributed by atoms with Gasteiger partial charge >= 0.3 is 5.97 Å². The van der Waals surface area contributed by atoms with E-state index in [2.05, 4.69) is 16.6 Å². The molecule has 1 aromatic heterocycles. The third-order valence-electron chi connectivity index (χ3n) is 11.9. The zero-order valence-corrected chi connectivity index (χ0v) is 34.6. The van der Waals surface area contributed by atoms with Crippen LogP contribution in [0.15, 0.2) is 36.5 Å². The highest BCUT2D eigenvalue weighted by Gasteiger charge is 2.61. The number of rotatable bonds is 10. The molecule has 6 rings (SSSR count). The second-order valence-corrected chi connectivity index (χ2v) is 19.4. The highest BCUT2D eigenvalue weighted by molar-refractivity contribution is 7.90. The van der Waals surface area contributed by atoms with Gasteiger partial charge in [0.05, 0.1) is 48.3 Å². The Morgan fingerprint density at radius 2 is 1.82 bits per heavy atom. The summed E-state index contributed by atoms with van der Waals surface area (Å²) in [7, 11) is -2.39. The number of ketones is 1. The number of ether oxygens (including phenoxy) is 3. The van der Waals surface area contributed by atoms with Gasteiger partial charge in [-0.05, 0) is 95.2 Å². The largest absolute Gasteiger partial charge is 0.497 e. The Morgan fingerprint density at radius 3 is 2.47 bits per heavy atom. The van der Waals surface area contributed by atoms with Crippen LogP contribution in [-0.2, 0) is 33.9 Å². The minimum Gasteiger partial charge on any atom is -0.497 e. The Balaban J connectivity index is 1.38. The minimum absolute atomic E-state index is 0.0263. The lowest BCUT2D eigenvalue weighted by Crippen LogP contribution is -2.48. The van der Waals surface area contributed by atoms with E-state index < -0.39 is 67.9 Å². The smallest absolute Gasteiger partial charge is 0.307 e. The molecule has 57 heavy (non-hydrogen) atoms. The van der Waals surface area contributed by atoms with Crippen molar-refractivity contribution in [1.82, 2.24) is 14.6 Å². The molecule has 1 saturated heterocycles. The number of benzene rings is 1. The van der Waals surface area contributed by atoms with Crippen molar-refractivity contribution in [3.8, 4) is 11.6 Å². The number of hydrogen-bond acceptors (Lipinski definition) is 11. The first-order chi connectivity index (χ1) is 26.9. The molecule has 4 aliphatic rings. The fourth-order valence-electron chi connectivity index (χ4n) is 8.58. The van der Waals surface area contributed by atoms with Crippen molar-refractivity contribution in [2.24, 2.45) is 34.8 Å². The Hall–Kier alpha value is -4.53. The zero-order chi connectivity index (χ0) is 41.4. The summed E-state index contributed by atoms with van der Waals surface area (Å²) in [5.74, 6) is -3.23. The van der Waals surface area contributed by atoms with Gasteiger partial charge in [0.1, 0.15) is 17.5 Å². The summed E-state index contributed by atoms with van der Waals surface area (Å²) in [6.45, 7) is 9.38. The number of nitrogens with zero attached hydrogens (tertiary/aromatic N) is 2. The summed E-state index contributed by atoms with van der Waals surface area (Å²) >= 11 is 0. The van der Waals surface area contributed by atoms with Crippen LogP contribution in [-0.4, -0.2) is 84.4 Å². The number of nitrogens with two attached hydrogens (primary N) is 1. The number of allylic oxidation sites excluding steroid dienone is 2. The molecule has 2 saturated carbocycles. The van der Waals surface area contributed by atoms with Crippen LogP contribution >= 0.6 is 0 Å². The van der Waals surface area contributed by atoms with E-state index >= 15 is 4.79 Å². The van der Waals surface area contributed by atoms with Crippen LogP contribution in [0.3, 0.4) is 0 Å². The Morgan fingerprint density at radius 1 is 1.09 bits per heavy atom. The number of sulfonamides is 1. The first kappa shape index (κ1) is 42.1. The van der Waals surface area contributed by atoms with E-state index in [0.717, 1.165) is 6.42 Å². The average molecular weight is 809 g/mol. The molecule has 0 spiro atoms. The second-order valence-electron chi connectivity index (χ2n) is 17.4. The first-order valence-corrected chi connectivity index (χ1v) is 21.6. The summed E-state index contributed by atoms with van der Waals surface area (Å²) in [5, 5.41) is 0.297. The maximum absolute atomic E-state index is 15.0. The summed E-state index contributed by atoms with van der Waals surface area (Å²) in [5.41, 5.74) is 3.76. The SMILES string of the molecule is CC[C@@H]1C[C@H](C)CC/C=C\[C@@H]2C[C@@]2(C(=O)NS(=O)(=O)C2CC2)CC(=O)[C@@H]2C[C@@H](Oc3ncc(C(N)=O)c4cc(OC)ccc34)CN2C(=O)[C@H]1CC(=O)OC(C)(C)C.